The standard InChI is InChI=1S/C14H29N3O/c1-12(2)15-7-4-8-17-9-5-14(6-10-17)11-16-13(3)18/h12,14-15H,4-11H2,1-3H3,(H,16,18). The number of carbonyl (C=O) groups is 1. The van der Waals surface area contributed by atoms with Crippen LogP contribution in [0.2, 0.25) is 0 Å². The van der Waals surface area contributed by atoms with Crippen LogP contribution in [0, 0.1) is 5.92 Å². The van der Waals surface area contributed by atoms with Gasteiger partial charge in [-0.2, -0.15) is 0 Å². The fourth-order valence-electron chi connectivity index (χ4n) is 2.40. The van der Waals surface area contributed by atoms with Crippen LogP contribution in [0.15, 0.2) is 0 Å². The summed E-state index contributed by atoms with van der Waals surface area (Å²) in [6.45, 7) is 11.5. The van der Waals surface area contributed by atoms with E-state index in [1.54, 1.807) is 6.92 Å². The van der Waals surface area contributed by atoms with Gasteiger partial charge in [0.25, 0.3) is 0 Å². The molecule has 4 heteroatoms. The first-order valence-corrected chi connectivity index (χ1v) is 7.28. The SMILES string of the molecule is CC(=O)NCC1CCN(CCCNC(C)C)CC1. The van der Waals surface area contributed by atoms with Crippen molar-refractivity contribution < 1.29 is 4.79 Å². The second-order valence-corrected chi connectivity index (χ2v) is 5.68. The molecular formula is C14H29N3O. The minimum Gasteiger partial charge on any atom is -0.356 e. The number of hydrogen-bond donors (Lipinski definition) is 2. The third-order valence-corrected chi connectivity index (χ3v) is 3.55. The molecule has 1 aliphatic rings. The van der Waals surface area contributed by atoms with E-state index in [0.717, 1.165) is 13.1 Å². The van der Waals surface area contributed by atoms with Gasteiger partial charge in [-0.1, -0.05) is 13.8 Å². The highest BCUT2D eigenvalue weighted by atomic mass is 16.1. The summed E-state index contributed by atoms with van der Waals surface area (Å²) >= 11 is 0. The Balaban J connectivity index is 2.03. The van der Waals surface area contributed by atoms with Crippen molar-refractivity contribution in [1.82, 2.24) is 15.5 Å². The average Bonchev–Trinajstić information content (AvgIpc) is 2.33. The highest BCUT2D eigenvalue weighted by Gasteiger charge is 2.18. The second kappa shape index (κ2) is 8.48. The molecule has 1 amide bonds. The molecule has 0 aromatic rings. The molecule has 0 saturated carbocycles. The van der Waals surface area contributed by atoms with Crippen molar-refractivity contribution in [3.05, 3.63) is 0 Å². The Kier molecular flexibility index (Phi) is 7.28. The first kappa shape index (κ1) is 15.4. The highest BCUT2D eigenvalue weighted by molar-refractivity contribution is 5.72. The van der Waals surface area contributed by atoms with Crippen molar-refractivity contribution in [2.24, 2.45) is 5.92 Å². The summed E-state index contributed by atoms with van der Waals surface area (Å²) in [7, 11) is 0. The maximum atomic E-state index is 10.9. The van der Waals surface area contributed by atoms with Gasteiger partial charge in [0.15, 0.2) is 0 Å². The number of carbonyl (C=O) groups excluding carboxylic acids is 1. The molecule has 0 bridgehead atoms. The van der Waals surface area contributed by atoms with Gasteiger partial charge in [0.05, 0.1) is 0 Å². The van der Waals surface area contributed by atoms with Crippen LogP contribution in [0.3, 0.4) is 0 Å². The topological polar surface area (TPSA) is 44.4 Å². The molecule has 0 aromatic heterocycles. The van der Waals surface area contributed by atoms with Gasteiger partial charge in [0, 0.05) is 19.5 Å². The van der Waals surface area contributed by atoms with Crippen molar-refractivity contribution in [2.75, 3.05) is 32.7 Å². The number of hydrogen-bond acceptors (Lipinski definition) is 3. The zero-order valence-electron chi connectivity index (χ0n) is 12.2. The van der Waals surface area contributed by atoms with Crippen molar-refractivity contribution >= 4 is 5.91 Å². The summed E-state index contributed by atoms with van der Waals surface area (Å²) in [5.74, 6) is 0.774. The Labute approximate surface area is 111 Å². The van der Waals surface area contributed by atoms with Crippen LogP contribution in [-0.4, -0.2) is 49.6 Å². The van der Waals surface area contributed by atoms with E-state index in [1.807, 2.05) is 0 Å². The molecule has 1 saturated heterocycles. The van der Waals surface area contributed by atoms with E-state index in [9.17, 15) is 4.79 Å². The molecule has 1 fully saturated rings. The molecule has 0 spiro atoms. The van der Waals surface area contributed by atoms with Crippen LogP contribution in [-0.2, 0) is 4.79 Å². The summed E-state index contributed by atoms with van der Waals surface area (Å²) in [5.41, 5.74) is 0. The monoisotopic (exact) mass is 255 g/mol. The molecule has 1 aliphatic heterocycles. The van der Waals surface area contributed by atoms with Gasteiger partial charge in [0.1, 0.15) is 0 Å². The van der Waals surface area contributed by atoms with Crippen LogP contribution in [0.5, 0.6) is 0 Å². The Bertz CT molecular complexity index is 235. The van der Waals surface area contributed by atoms with E-state index in [4.69, 9.17) is 0 Å². The summed E-state index contributed by atoms with van der Waals surface area (Å²) in [5, 5.41) is 6.38. The fourth-order valence-corrected chi connectivity index (χ4v) is 2.40. The van der Waals surface area contributed by atoms with Crippen molar-refractivity contribution in [2.45, 2.75) is 46.1 Å². The van der Waals surface area contributed by atoms with E-state index in [1.165, 1.54) is 38.9 Å². The minimum absolute atomic E-state index is 0.0946. The lowest BCUT2D eigenvalue weighted by molar-refractivity contribution is -0.119. The van der Waals surface area contributed by atoms with E-state index in [0.29, 0.717) is 12.0 Å². The van der Waals surface area contributed by atoms with Crippen LogP contribution in [0.4, 0.5) is 0 Å². The van der Waals surface area contributed by atoms with Gasteiger partial charge in [-0.3, -0.25) is 4.79 Å². The molecule has 1 heterocycles. The van der Waals surface area contributed by atoms with Gasteiger partial charge >= 0.3 is 0 Å². The predicted molar refractivity (Wildman–Crippen MR) is 75.6 cm³/mol. The lowest BCUT2D eigenvalue weighted by Gasteiger charge is -2.32. The van der Waals surface area contributed by atoms with E-state index in [2.05, 4.69) is 29.4 Å². The maximum Gasteiger partial charge on any atom is 0.216 e. The Morgan fingerprint density at radius 2 is 2.00 bits per heavy atom. The van der Waals surface area contributed by atoms with Gasteiger partial charge in [0.2, 0.25) is 5.91 Å². The number of nitrogens with zero attached hydrogens (tertiary/aromatic N) is 1. The lowest BCUT2D eigenvalue weighted by Crippen LogP contribution is -2.39. The Hall–Kier alpha value is -0.610. The smallest absolute Gasteiger partial charge is 0.216 e. The first-order chi connectivity index (χ1) is 8.58. The molecule has 0 radical (unpaired) electrons. The number of rotatable bonds is 7. The quantitative estimate of drug-likeness (QED) is 0.672. The second-order valence-electron chi connectivity index (χ2n) is 5.68. The molecule has 2 N–H and O–H groups in total. The third-order valence-electron chi connectivity index (χ3n) is 3.55. The third kappa shape index (κ3) is 6.97. The van der Waals surface area contributed by atoms with Crippen LogP contribution in [0.25, 0.3) is 0 Å². The van der Waals surface area contributed by atoms with Gasteiger partial charge in [-0.25, -0.2) is 0 Å². The Morgan fingerprint density at radius 3 is 2.56 bits per heavy atom. The van der Waals surface area contributed by atoms with E-state index < -0.39 is 0 Å². The molecule has 4 nitrogen and oxygen atoms in total. The first-order valence-electron chi connectivity index (χ1n) is 7.28. The number of nitrogens with one attached hydrogen (secondary N) is 2. The summed E-state index contributed by atoms with van der Waals surface area (Å²) in [4.78, 5) is 13.4. The molecule has 106 valence electrons. The zero-order valence-corrected chi connectivity index (χ0v) is 12.2. The fraction of sp³-hybridized carbons (Fsp3) is 0.929. The Morgan fingerprint density at radius 1 is 1.33 bits per heavy atom. The highest BCUT2D eigenvalue weighted by Crippen LogP contribution is 2.16. The molecule has 0 aromatic carbocycles. The molecule has 0 unspecified atom stereocenters. The largest absolute Gasteiger partial charge is 0.356 e. The van der Waals surface area contributed by atoms with Gasteiger partial charge in [-0.15, -0.1) is 0 Å². The van der Waals surface area contributed by atoms with Gasteiger partial charge in [-0.05, 0) is 51.4 Å². The van der Waals surface area contributed by atoms with Crippen molar-refractivity contribution in [3.8, 4) is 0 Å². The summed E-state index contributed by atoms with van der Waals surface area (Å²) < 4.78 is 0. The van der Waals surface area contributed by atoms with E-state index in [-0.39, 0.29) is 5.91 Å². The number of likely N-dealkylation sites (tertiary alicyclic amines) is 1. The zero-order chi connectivity index (χ0) is 13.4. The van der Waals surface area contributed by atoms with Crippen molar-refractivity contribution in [3.63, 3.8) is 0 Å². The predicted octanol–water partition coefficient (Wildman–Crippen LogP) is 1.22. The summed E-state index contributed by atoms with van der Waals surface area (Å²) in [6.07, 6.45) is 3.67. The number of piperidine rings is 1. The lowest BCUT2D eigenvalue weighted by atomic mass is 9.96. The average molecular weight is 255 g/mol. The van der Waals surface area contributed by atoms with Crippen LogP contribution in [0.1, 0.15) is 40.0 Å². The minimum atomic E-state index is 0.0946. The normalized spacial score (nSPS) is 18.2. The molecular weight excluding hydrogens is 226 g/mol. The molecule has 0 aliphatic carbocycles. The van der Waals surface area contributed by atoms with Crippen LogP contribution >= 0.6 is 0 Å². The van der Waals surface area contributed by atoms with Crippen LogP contribution < -0.4 is 10.6 Å². The molecule has 1 rings (SSSR count). The summed E-state index contributed by atoms with van der Waals surface area (Å²) in [6, 6.07) is 0.591. The maximum absolute atomic E-state index is 10.9. The van der Waals surface area contributed by atoms with Crippen molar-refractivity contribution in [1.29, 1.82) is 0 Å². The number of amides is 1. The van der Waals surface area contributed by atoms with Gasteiger partial charge < -0.3 is 15.5 Å². The van der Waals surface area contributed by atoms with E-state index >= 15 is 0 Å². The molecule has 0 atom stereocenters. The molecule has 18 heavy (non-hydrogen) atoms.